The molecule has 0 saturated carbocycles. The van der Waals surface area contributed by atoms with Crippen molar-refractivity contribution < 1.29 is 4.74 Å². The minimum Gasteiger partial charge on any atom is -0.354 e. The summed E-state index contributed by atoms with van der Waals surface area (Å²) < 4.78 is 6.41. The number of hydrogen-bond acceptors (Lipinski definition) is 1. The molecule has 0 atom stereocenters. The van der Waals surface area contributed by atoms with E-state index in [9.17, 15) is 0 Å². The minimum atomic E-state index is -1.21. The molecule has 0 N–H and O–H groups in total. The van der Waals surface area contributed by atoms with Gasteiger partial charge in [-0.15, -0.1) is 0 Å². The second-order valence-corrected chi connectivity index (χ2v) is 9.19. The van der Waals surface area contributed by atoms with Crippen LogP contribution in [0.4, 0.5) is 0 Å². The molecule has 0 saturated heterocycles. The second-order valence-electron chi connectivity index (χ2n) is 5.36. The zero-order valence-electron chi connectivity index (χ0n) is 13.0. The maximum absolute atomic E-state index is 6.41. The smallest absolute Gasteiger partial charge is 0.144 e. The van der Waals surface area contributed by atoms with E-state index in [-0.39, 0.29) is 6.35 Å². The summed E-state index contributed by atoms with van der Waals surface area (Å²) in [6.45, 7) is -1.21. The summed E-state index contributed by atoms with van der Waals surface area (Å²) in [6.07, 6.45) is 0.289. The lowest BCUT2D eigenvalue weighted by atomic mass is 9.80. The number of benzene rings is 3. The van der Waals surface area contributed by atoms with E-state index in [0.717, 1.165) is 16.7 Å². The van der Waals surface area contributed by atoms with E-state index in [2.05, 4.69) is 36.4 Å². The molecule has 0 amide bonds. The Morgan fingerprint density at radius 2 is 0.958 bits per heavy atom. The molecular formula is C20H17Cl2OP. The van der Waals surface area contributed by atoms with Crippen LogP contribution in [0.3, 0.4) is 0 Å². The summed E-state index contributed by atoms with van der Waals surface area (Å²) >= 11 is 12.1. The Morgan fingerprint density at radius 3 is 1.25 bits per heavy atom. The molecule has 3 rings (SSSR count). The van der Waals surface area contributed by atoms with Gasteiger partial charge in [0, 0.05) is 0 Å². The topological polar surface area (TPSA) is 9.23 Å². The van der Waals surface area contributed by atoms with Crippen molar-refractivity contribution in [3.8, 4) is 0 Å². The molecule has 4 heteroatoms. The molecule has 0 aromatic heterocycles. The lowest BCUT2D eigenvalue weighted by Crippen LogP contribution is -2.32. The Balaban J connectivity index is 2.24. The molecule has 24 heavy (non-hydrogen) atoms. The maximum atomic E-state index is 6.41. The Morgan fingerprint density at radius 1 is 0.625 bits per heavy atom. The van der Waals surface area contributed by atoms with Crippen LogP contribution in [0.15, 0.2) is 91.0 Å². The van der Waals surface area contributed by atoms with Gasteiger partial charge < -0.3 is 4.74 Å². The predicted octanol–water partition coefficient (Wildman–Crippen LogP) is 6.74. The monoisotopic (exact) mass is 374 g/mol. The SMILES string of the molecule is ClP(Cl)COC(c1ccccc1)(c1ccccc1)c1ccccc1. The van der Waals surface area contributed by atoms with Crippen molar-refractivity contribution in [3.63, 3.8) is 0 Å². The van der Waals surface area contributed by atoms with Crippen LogP contribution >= 0.6 is 29.1 Å². The van der Waals surface area contributed by atoms with E-state index < -0.39 is 12.2 Å². The van der Waals surface area contributed by atoms with Crippen molar-refractivity contribution in [1.82, 2.24) is 0 Å². The van der Waals surface area contributed by atoms with Gasteiger partial charge in [0.2, 0.25) is 0 Å². The molecular weight excluding hydrogens is 358 g/mol. The van der Waals surface area contributed by atoms with Crippen LogP contribution in [-0.4, -0.2) is 6.35 Å². The first-order chi connectivity index (χ1) is 11.7. The molecule has 0 unspecified atom stereocenters. The van der Waals surface area contributed by atoms with Crippen molar-refractivity contribution in [2.24, 2.45) is 0 Å². The van der Waals surface area contributed by atoms with Gasteiger partial charge in [-0.25, -0.2) is 0 Å². The largest absolute Gasteiger partial charge is 0.354 e. The molecule has 0 aliphatic carbocycles. The van der Waals surface area contributed by atoms with E-state index in [1.54, 1.807) is 0 Å². The number of ether oxygens (including phenoxy) is 1. The highest BCUT2D eigenvalue weighted by molar-refractivity contribution is 8.03. The van der Waals surface area contributed by atoms with Crippen LogP contribution in [0.2, 0.25) is 0 Å². The van der Waals surface area contributed by atoms with Crippen molar-refractivity contribution in [2.45, 2.75) is 5.60 Å². The fourth-order valence-electron chi connectivity index (χ4n) is 2.91. The van der Waals surface area contributed by atoms with Crippen molar-refractivity contribution >= 4 is 29.1 Å². The lowest BCUT2D eigenvalue weighted by molar-refractivity contribution is 0.0457. The zero-order chi connectivity index (χ0) is 16.8. The first kappa shape index (κ1) is 17.5. The summed E-state index contributed by atoms with van der Waals surface area (Å²) in [5.41, 5.74) is 2.40. The van der Waals surface area contributed by atoms with Gasteiger partial charge in [0.1, 0.15) is 12.2 Å². The molecule has 0 heterocycles. The van der Waals surface area contributed by atoms with Gasteiger partial charge in [-0.05, 0) is 16.7 Å². The molecule has 0 aliphatic heterocycles. The summed E-state index contributed by atoms with van der Waals surface area (Å²) in [5.74, 6) is 0. The molecule has 0 aliphatic rings. The van der Waals surface area contributed by atoms with E-state index in [1.165, 1.54) is 0 Å². The number of halogens is 2. The molecule has 0 radical (unpaired) electrons. The van der Waals surface area contributed by atoms with Crippen molar-refractivity contribution in [3.05, 3.63) is 108 Å². The third-order valence-corrected chi connectivity index (χ3v) is 4.83. The second kappa shape index (κ2) is 8.14. The van der Waals surface area contributed by atoms with Crippen LogP contribution in [0.25, 0.3) is 0 Å². The zero-order valence-corrected chi connectivity index (χ0v) is 15.4. The van der Waals surface area contributed by atoms with E-state index in [0.29, 0.717) is 0 Å². The van der Waals surface area contributed by atoms with Gasteiger partial charge in [-0.1, -0.05) is 113 Å². The molecule has 0 spiro atoms. The van der Waals surface area contributed by atoms with E-state index >= 15 is 0 Å². The average molecular weight is 375 g/mol. The average Bonchev–Trinajstić information content (AvgIpc) is 2.65. The number of rotatable bonds is 6. The highest BCUT2D eigenvalue weighted by Gasteiger charge is 2.37. The minimum absolute atomic E-state index is 0.289. The first-order valence-electron chi connectivity index (χ1n) is 7.63. The van der Waals surface area contributed by atoms with E-state index in [4.69, 9.17) is 27.2 Å². The summed E-state index contributed by atoms with van der Waals surface area (Å²) in [6, 6.07) is 30.5. The standard InChI is InChI=1S/C20H17Cl2OP/c21-24(22)16-23-20(17-10-4-1-5-11-17,18-12-6-2-7-13-18)19-14-8-3-9-15-19/h1-15H,16H2. The normalized spacial score (nSPS) is 11.6. The highest BCUT2D eigenvalue weighted by Crippen LogP contribution is 2.50. The van der Waals surface area contributed by atoms with Gasteiger partial charge >= 0.3 is 0 Å². The van der Waals surface area contributed by atoms with Gasteiger partial charge in [0.25, 0.3) is 0 Å². The maximum Gasteiger partial charge on any atom is 0.144 e. The Hall–Kier alpha value is -1.37. The fraction of sp³-hybridized carbons (Fsp3) is 0.100. The Kier molecular flexibility index (Phi) is 5.92. The fourth-order valence-corrected chi connectivity index (χ4v) is 3.50. The van der Waals surface area contributed by atoms with Crippen LogP contribution in [0.5, 0.6) is 0 Å². The predicted molar refractivity (Wildman–Crippen MR) is 104 cm³/mol. The summed E-state index contributed by atoms with van der Waals surface area (Å²) in [7, 11) is 0. The van der Waals surface area contributed by atoms with Crippen LogP contribution < -0.4 is 0 Å². The molecule has 0 fully saturated rings. The summed E-state index contributed by atoms with van der Waals surface area (Å²) in [4.78, 5) is 0. The van der Waals surface area contributed by atoms with Crippen molar-refractivity contribution in [2.75, 3.05) is 6.35 Å². The van der Waals surface area contributed by atoms with Crippen LogP contribution in [0.1, 0.15) is 16.7 Å². The quantitative estimate of drug-likeness (QED) is 0.342. The van der Waals surface area contributed by atoms with Gasteiger partial charge in [-0.3, -0.25) is 0 Å². The van der Waals surface area contributed by atoms with E-state index in [1.807, 2.05) is 54.6 Å². The molecule has 0 bridgehead atoms. The Bertz CT molecular complexity index is 652. The van der Waals surface area contributed by atoms with Crippen LogP contribution in [-0.2, 0) is 10.3 Å². The van der Waals surface area contributed by atoms with Gasteiger partial charge in [-0.2, -0.15) is 0 Å². The third-order valence-electron chi connectivity index (χ3n) is 3.92. The summed E-state index contributed by atoms with van der Waals surface area (Å²) in [5, 5.41) is 0. The lowest BCUT2D eigenvalue weighted by Gasteiger charge is -2.36. The third kappa shape index (κ3) is 3.66. The first-order valence-corrected chi connectivity index (χ1v) is 11.0. The Labute approximate surface area is 153 Å². The number of hydrogen-bond donors (Lipinski definition) is 0. The van der Waals surface area contributed by atoms with Gasteiger partial charge in [0.15, 0.2) is 0 Å². The molecule has 3 aromatic carbocycles. The molecule has 1 nitrogen and oxygen atoms in total. The highest BCUT2D eigenvalue weighted by atomic mass is 35.9. The molecule has 3 aromatic rings. The van der Waals surface area contributed by atoms with Crippen LogP contribution in [0, 0.1) is 0 Å². The molecule has 122 valence electrons. The van der Waals surface area contributed by atoms with Gasteiger partial charge in [0.05, 0.1) is 6.35 Å². The van der Waals surface area contributed by atoms with Crippen molar-refractivity contribution in [1.29, 1.82) is 0 Å².